The zero-order valence-electron chi connectivity index (χ0n) is 15.0. The molecule has 2 N–H and O–H groups in total. The lowest BCUT2D eigenvalue weighted by Gasteiger charge is -2.28. The number of nitrogens with zero attached hydrogens (tertiary/aromatic N) is 4. The number of anilines is 1. The Morgan fingerprint density at radius 3 is 2.93 bits per heavy atom. The van der Waals surface area contributed by atoms with Gasteiger partial charge in [-0.15, -0.1) is 0 Å². The maximum Gasteiger partial charge on any atom is 0.250 e. The van der Waals surface area contributed by atoms with Crippen LogP contribution < -0.4 is 10.3 Å². The summed E-state index contributed by atoms with van der Waals surface area (Å²) in [5.41, 5.74) is 3.82. The van der Waals surface area contributed by atoms with Crippen LogP contribution in [0, 0.1) is 6.92 Å². The molecule has 0 spiro atoms. The third-order valence-electron chi connectivity index (χ3n) is 3.82. The van der Waals surface area contributed by atoms with Crippen LogP contribution in [0.15, 0.2) is 40.6 Å². The van der Waals surface area contributed by atoms with Crippen molar-refractivity contribution >= 4 is 29.7 Å². The van der Waals surface area contributed by atoms with Gasteiger partial charge in [0.15, 0.2) is 5.16 Å². The fraction of sp³-hybridized carbons (Fsp3) is 0.333. The molecule has 27 heavy (non-hydrogen) atoms. The number of aromatic nitrogens is 2. The number of hydrazone groups is 1. The Morgan fingerprint density at radius 1 is 1.37 bits per heavy atom. The molecule has 3 rings (SSSR count). The number of rotatable bonds is 6. The summed E-state index contributed by atoms with van der Waals surface area (Å²) in [5.74, 6) is 0.828. The Kier molecular flexibility index (Phi) is 6.61. The lowest BCUT2D eigenvalue weighted by Crippen LogP contribution is -2.36. The zero-order chi connectivity index (χ0) is 19.1. The van der Waals surface area contributed by atoms with Crippen molar-refractivity contribution in [3.05, 3.63) is 41.6 Å². The molecule has 1 aliphatic rings. The number of carbonyl (C=O) groups is 1. The van der Waals surface area contributed by atoms with Crippen LogP contribution in [0.2, 0.25) is 0 Å². The summed E-state index contributed by atoms with van der Waals surface area (Å²) in [5, 5.41) is 14.1. The number of phenols is 1. The summed E-state index contributed by atoms with van der Waals surface area (Å²) in [6.07, 6.45) is 1.40. The molecule has 9 heteroatoms. The van der Waals surface area contributed by atoms with Crippen LogP contribution in [-0.2, 0) is 9.53 Å². The van der Waals surface area contributed by atoms with E-state index in [1.54, 1.807) is 24.3 Å². The highest BCUT2D eigenvalue weighted by atomic mass is 32.2. The first-order chi connectivity index (χ1) is 13.1. The molecule has 2 heterocycles. The van der Waals surface area contributed by atoms with E-state index in [0.717, 1.165) is 24.6 Å². The summed E-state index contributed by atoms with van der Waals surface area (Å²) < 4.78 is 5.37. The quantitative estimate of drug-likeness (QED) is 0.336. The molecule has 1 fully saturated rings. The standard InChI is InChI=1S/C18H21N5O3S/c1-13-10-16(23-6-8-26-9-7-23)21-18(20-13)27-12-17(25)22-19-11-14-4-2-3-5-15(14)24/h2-5,10-11,24H,6-9,12H2,1H3,(H,22,25). The minimum absolute atomic E-state index is 0.105. The predicted molar refractivity (Wildman–Crippen MR) is 104 cm³/mol. The molecule has 1 aromatic heterocycles. The fourth-order valence-electron chi connectivity index (χ4n) is 2.48. The van der Waals surface area contributed by atoms with E-state index in [2.05, 4.69) is 25.4 Å². The molecule has 142 valence electrons. The molecule has 2 aromatic rings. The number of aryl methyl sites for hydroxylation is 1. The SMILES string of the molecule is Cc1cc(N2CCOCC2)nc(SCC(=O)NN=Cc2ccccc2O)n1. The topological polar surface area (TPSA) is 99.9 Å². The third kappa shape index (κ3) is 5.66. The molecular formula is C18H21N5O3S. The van der Waals surface area contributed by atoms with E-state index in [4.69, 9.17) is 4.74 Å². The second kappa shape index (κ2) is 9.33. The molecule has 0 radical (unpaired) electrons. The number of benzene rings is 1. The molecule has 0 atom stereocenters. The molecule has 0 aliphatic carbocycles. The Labute approximate surface area is 161 Å². The summed E-state index contributed by atoms with van der Waals surface area (Å²) in [6, 6.07) is 8.69. The number of aromatic hydroxyl groups is 1. The van der Waals surface area contributed by atoms with Gasteiger partial charge in [0.25, 0.3) is 5.91 Å². The second-order valence-corrected chi connectivity index (χ2v) is 6.83. The lowest BCUT2D eigenvalue weighted by molar-refractivity contribution is -0.118. The van der Waals surface area contributed by atoms with E-state index in [0.29, 0.717) is 23.9 Å². The van der Waals surface area contributed by atoms with Gasteiger partial charge in [-0.25, -0.2) is 15.4 Å². The van der Waals surface area contributed by atoms with Crippen molar-refractivity contribution in [2.24, 2.45) is 5.10 Å². The lowest BCUT2D eigenvalue weighted by atomic mass is 10.2. The molecule has 1 saturated heterocycles. The van der Waals surface area contributed by atoms with E-state index in [-0.39, 0.29) is 17.4 Å². The van der Waals surface area contributed by atoms with E-state index in [9.17, 15) is 9.90 Å². The van der Waals surface area contributed by atoms with Gasteiger partial charge in [0.2, 0.25) is 0 Å². The molecule has 0 saturated carbocycles. The maximum atomic E-state index is 12.0. The van der Waals surface area contributed by atoms with Gasteiger partial charge in [-0.1, -0.05) is 23.9 Å². The second-order valence-electron chi connectivity index (χ2n) is 5.89. The summed E-state index contributed by atoms with van der Waals surface area (Å²) >= 11 is 1.25. The number of carbonyl (C=O) groups excluding carboxylic acids is 1. The van der Waals surface area contributed by atoms with Gasteiger partial charge in [0, 0.05) is 30.4 Å². The highest BCUT2D eigenvalue weighted by molar-refractivity contribution is 7.99. The highest BCUT2D eigenvalue weighted by Crippen LogP contribution is 2.20. The maximum absolute atomic E-state index is 12.0. The smallest absolute Gasteiger partial charge is 0.250 e. The number of hydrogen-bond acceptors (Lipinski definition) is 8. The van der Waals surface area contributed by atoms with Crippen LogP contribution in [-0.4, -0.2) is 59.3 Å². The molecular weight excluding hydrogens is 366 g/mol. The molecule has 1 aliphatic heterocycles. The normalized spacial score (nSPS) is 14.5. The van der Waals surface area contributed by atoms with Crippen LogP contribution in [0.4, 0.5) is 5.82 Å². The Hall–Kier alpha value is -2.65. The first-order valence-electron chi connectivity index (χ1n) is 8.53. The average Bonchev–Trinajstić information content (AvgIpc) is 2.68. The summed E-state index contributed by atoms with van der Waals surface area (Å²) in [7, 11) is 0. The van der Waals surface area contributed by atoms with Gasteiger partial charge in [-0.3, -0.25) is 4.79 Å². The van der Waals surface area contributed by atoms with Gasteiger partial charge in [0.05, 0.1) is 25.2 Å². The minimum Gasteiger partial charge on any atom is -0.507 e. The van der Waals surface area contributed by atoms with Crippen molar-refractivity contribution in [2.45, 2.75) is 12.1 Å². The first-order valence-corrected chi connectivity index (χ1v) is 9.51. The molecule has 8 nitrogen and oxygen atoms in total. The number of nitrogens with one attached hydrogen (secondary N) is 1. The van der Waals surface area contributed by atoms with E-state index < -0.39 is 0 Å². The minimum atomic E-state index is -0.273. The van der Waals surface area contributed by atoms with Crippen LogP contribution in [0.3, 0.4) is 0 Å². The van der Waals surface area contributed by atoms with Crippen molar-refractivity contribution in [1.82, 2.24) is 15.4 Å². The first kappa shape index (κ1) is 19.1. The number of phenolic OH excluding ortho intramolecular Hbond substituents is 1. The van der Waals surface area contributed by atoms with Gasteiger partial charge in [-0.05, 0) is 19.1 Å². The number of para-hydroxylation sites is 1. The van der Waals surface area contributed by atoms with Crippen molar-refractivity contribution in [3.8, 4) is 5.75 Å². The monoisotopic (exact) mass is 387 g/mol. The van der Waals surface area contributed by atoms with Crippen LogP contribution in [0.1, 0.15) is 11.3 Å². The van der Waals surface area contributed by atoms with Gasteiger partial charge >= 0.3 is 0 Å². The van der Waals surface area contributed by atoms with Crippen LogP contribution in [0.25, 0.3) is 0 Å². The summed E-state index contributed by atoms with van der Waals surface area (Å²) in [6.45, 7) is 4.86. The molecule has 0 unspecified atom stereocenters. The number of ether oxygens (including phenoxy) is 1. The predicted octanol–water partition coefficient (Wildman–Crippen LogP) is 1.57. The Balaban J connectivity index is 1.54. The number of morpholine rings is 1. The van der Waals surface area contributed by atoms with Crippen LogP contribution in [0.5, 0.6) is 5.75 Å². The van der Waals surface area contributed by atoms with E-state index in [1.807, 2.05) is 13.0 Å². The summed E-state index contributed by atoms with van der Waals surface area (Å²) in [4.78, 5) is 23.0. The largest absolute Gasteiger partial charge is 0.507 e. The van der Waals surface area contributed by atoms with Crippen molar-refractivity contribution < 1.29 is 14.6 Å². The number of amides is 1. The van der Waals surface area contributed by atoms with E-state index in [1.165, 1.54) is 18.0 Å². The Bertz CT molecular complexity index is 824. The van der Waals surface area contributed by atoms with Crippen molar-refractivity contribution in [3.63, 3.8) is 0 Å². The molecule has 1 amide bonds. The zero-order valence-corrected chi connectivity index (χ0v) is 15.8. The molecule has 1 aromatic carbocycles. The van der Waals surface area contributed by atoms with Gasteiger partial charge < -0.3 is 14.7 Å². The third-order valence-corrected chi connectivity index (χ3v) is 4.66. The van der Waals surface area contributed by atoms with Gasteiger partial charge in [-0.2, -0.15) is 5.10 Å². The molecule has 0 bridgehead atoms. The van der Waals surface area contributed by atoms with Crippen molar-refractivity contribution in [2.75, 3.05) is 37.0 Å². The van der Waals surface area contributed by atoms with Gasteiger partial charge in [0.1, 0.15) is 11.6 Å². The average molecular weight is 387 g/mol. The fourth-order valence-corrected chi connectivity index (χ4v) is 3.17. The number of hydrogen-bond donors (Lipinski definition) is 2. The van der Waals surface area contributed by atoms with Crippen LogP contribution >= 0.6 is 11.8 Å². The highest BCUT2D eigenvalue weighted by Gasteiger charge is 2.14. The van der Waals surface area contributed by atoms with Crippen molar-refractivity contribution in [1.29, 1.82) is 0 Å². The number of thioether (sulfide) groups is 1. The van der Waals surface area contributed by atoms with E-state index >= 15 is 0 Å². The Morgan fingerprint density at radius 2 is 2.15 bits per heavy atom.